The quantitative estimate of drug-likeness (QED) is 0.202. The Balaban J connectivity index is 2.11. The van der Waals surface area contributed by atoms with E-state index in [2.05, 4.69) is 0 Å². The second-order valence-corrected chi connectivity index (χ2v) is 15.7. The number of benzene rings is 4. The number of ether oxygens (including phenoxy) is 2. The minimum Gasteiger partial charge on any atom is -0.488 e. The first-order chi connectivity index (χ1) is 19.1. The van der Waals surface area contributed by atoms with E-state index < -0.39 is 48.2 Å². The van der Waals surface area contributed by atoms with Crippen LogP contribution in [0.15, 0.2) is 117 Å². The molecule has 0 radical (unpaired) electrons. The molecule has 0 aliphatic heterocycles. The predicted molar refractivity (Wildman–Crippen MR) is 157 cm³/mol. The van der Waals surface area contributed by atoms with Crippen molar-refractivity contribution in [3.05, 3.63) is 109 Å². The van der Waals surface area contributed by atoms with Gasteiger partial charge in [-0.3, -0.25) is 0 Å². The monoisotopic (exact) mass is 600 g/mol. The van der Waals surface area contributed by atoms with Crippen molar-refractivity contribution in [1.82, 2.24) is 0 Å². The Bertz CT molecular complexity index is 1520. The highest BCUT2D eigenvalue weighted by Crippen LogP contribution is 2.71. The fraction of sp³-hybridized carbons (Fsp3) is 0.250. The third-order valence-corrected chi connectivity index (χ3v) is 10.7. The minimum absolute atomic E-state index is 0.399. The van der Waals surface area contributed by atoms with Crippen LogP contribution in [0.2, 0.25) is 0 Å². The standard InChI is InChI=1S/C32H34F2O5S2/c1-31(2,3)37-23-20-24(38-32(4,5)6)22-27(21-23)40(25-14-9-7-10-15-25,26-16-11-8-12-17-26)39-41(35,36)30-28(33)18-13-19-29(30)34/h7-22H,1-6H3. The number of hydrogen-bond acceptors (Lipinski definition) is 5. The molecule has 0 atom stereocenters. The molecule has 0 amide bonds. The summed E-state index contributed by atoms with van der Waals surface area (Å²) >= 11 is 0. The highest BCUT2D eigenvalue weighted by molar-refractivity contribution is 8.33. The highest BCUT2D eigenvalue weighted by Gasteiger charge is 2.41. The summed E-state index contributed by atoms with van der Waals surface area (Å²) in [4.78, 5) is 0.218. The lowest BCUT2D eigenvalue weighted by Crippen LogP contribution is -2.25. The van der Waals surface area contributed by atoms with E-state index in [4.69, 9.17) is 13.1 Å². The largest absolute Gasteiger partial charge is 0.488 e. The zero-order valence-electron chi connectivity index (χ0n) is 23.9. The summed E-state index contributed by atoms with van der Waals surface area (Å²) in [7, 11) is -8.22. The van der Waals surface area contributed by atoms with E-state index in [1.54, 1.807) is 78.9 Å². The van der Waals surface area contributed by atoms with E-state index in [-0.39, 0.29) is 0 Å². The zero-order chi connectivity index (χ0) is 30.1. The summed E-state index contributed by atoms with van der Waals surface area (Å²) in [5, 5.41) is 0. The van der Waals surface area contributed by atoms with Crippen LogP contribution in [0.25, 0.3) is 0 Å². The molecular weight excluding hydrogens is 566 g/mol. The molecule has 0 bridgehead atoms. The molecule has 0 spiro atoms. The van der Waals surface area contributed by atoms with E-state index in [1.807, 2.05) is 41.5 Å². The Morgan fingerprint density at radius 1 is 0.561 bits per heavy atom. The average Bonchev–Trinajstić information content (AvgIpc) is 2.86. The van der Waals surface area contributed by atoms with E-state index in [0.717, 1.165) is 18.2 Å². The molecule has 0 heterocycles. The molecule has 5 nitrogen and oxygen atoms in total. The van der Waals surface area contributed by atoms with Gasteiger partial charge in [-0.1, -0.05) is 42.5 Å². The maximum Gasteiger partial charge on any atom is 0.313 e. The average molecular weight is 601 g/mol. The van der Waals surface area contributed by atoms with Gasteiger partial charge in [0, 0.05) is 20.8 Å². The molecule has 0 N–H and O–H groups in total. The van der Waals surface area contributed by atoms with Crippen LogP contribution in [0.1, 0.15) is 41.5 Å². The molecule has 0 fully saturated rings. The molecule has 4 aromatic carbocycles. The molecule has 4 rings (SSSR count). The van der Waals surface area contributed by atoms with Crippen LogP contribution in [0.4, 0.5) is 8.78 Å². The summed E-state index contributed by atoms with van der Waals surface area (Å²) in [6.07, 6.45) is 0. The normalized spacial score (nSPS) is 13.1. The summed E-state index contributed by atoms with van der Waals surface area (Å²) in [5.41, 5.74) is -1.20. The summed E-state index contributed by atoms with van der Waals surface area (Å²) in [6.45, 7) is 11.3. The Morgan fingerprint density at radius 3 is 1.37 bits per heavy atom. The third kappa shape index (κ3) is 7.09. The van der Waals surface area contributed by atoms with Gasteiger partial charge in [0.05, 0.1) is 0 Å². The fourth-order valence-corrected chi connectivity index (χ4v) is 9.54. The van der Waals surface area contributed by atoms with Gasteiger partial charge in [-0.25, -0.2) is 12.4 Å². The highest BCUT2D eigenvalue weighted by atomic mass is 32.3. The van der Waals surface area contributed by atoms with Crippen LogP contribution in [0.3, 0.4) is 0 Å². The second kappa shape index (κ2) is 11.5. The van der Waals surface area contributed by atoms with Crippen molar-refractivity contribution < 1.29 is 30.3 Å². The fourth-order valence-electron chi connectivity index (χ4n) is 4.18. The van der Waals surface area contributed by atoms with Crippen LogP contribution in [0, 0.1) is 11.6 Å². The van der Waals surface area contributed by atoms with Crippen molar-refractivity contribution >= 4 is 20.4 Å². The van der Waals surface area contributed by atoms with Gasteiger partial charge < -0.3 is 9.47 Å². The third-order valence-electron chi connectivity index (χ3n) is 5.54. The Hall–Kier alpha value is -3.40. The predicted octanol–water partition coefficient (Wildman–Crippen LogP) is 8.92. The van der Waals surface area contributed by atoms with Crippen molar-refractivity contribution in [1.29, 1.82) is 0 Å². The minimum atomic E-state index is -5.01. The summed E-state index contributed by atoms with van der Waals surface area (Å²) < 4.78 is 76.2. The van der Waals surface area contributed by atoms with Gasteiger partial charge in [-0.05, 0) is 100 Å². The van der Waals surface area contributed by atoms with Crippen LogP contribution >= 0.6 is 10.3 Å². The van der Waals surface area contributed by atoms with Crippen molar-refractivity contribution in [2.24, 2.45) is 0 Å². The van der Waals surface area contributed by atoms with Gasteiger partial charge in [0.15, 0.2) is 4.90 Å². The van der Waals surface area contributed by atoms with Crippen molar-refractivity contribution in [3.8, 4) is 11.5 Å². The molecule has 0 saturated heterocycles. The van der Waals surface area contributed by atoms with Crippen molar-refractivity contribution in [2.45, 2.75) is 72.3 Å². The van der Waals surface area contributed by atoms with Crippen molar-refractivity contribution in [3.63, 3.8) is 0 Å². The molecule has 9 heteroatoms. The Morgan fingerprint density at radius 2 is 0.976 bits per heavy atom. The lowest BCUT2D eigenvalue weighted by Gasteiger charge is -2.40. The van der Waals surface area contributed by atoms with E-state index >= 15 is 0 Å². The van der Waals surface area contributed by atoms with E-state index in [1.165, 1.54) is 0 Å². The van der Waals surface area contributed by atoms with Crippen LogP contribution in [0.5, 0.6) is 11.5 Å². The smallest absolute Gasteiger partial charge is 0.313 e. The second-order valence-electron chi connectivity index (χ2n) is 11.3. The molecule has 41 heavy (non-hydrogen) atoms. The Labute approximate surface area is 242 Å². The van der Waals surface area contributed by atoms with Gasteiger partial charge >= 0.3 is 10.1 Å². The van der Waals surface area contributed by atoms with E-state index in [9.17, 15) is 17.2 Å². The topological polar surface area (TPSA) is 61.8 Å². The van der Waals surface area contributed by atoms with Crippen LogP contribution in [-0.4, -0.2) is 19.6 Å². The van der Waals surface area contributed by atoms with Crippen molar-refractivity contribution in [2.75, 3.05) is 0 Å². The maximum atomic E-state index is 14.9. The molecule has 0 aliphatic carbocycles. The summed E-state index contributed by atoms with van der Waals surface area (Å²) in [5.74, 6) is -1.67. The molecule has 4 aromatic rings. The number of rotatable bonds is 8. The first-order valence-corrected chi connectivity index (χ1v) is 15.9. The summed E-state index contributed by atoms with van der Waals surface area (Å²) in [6, 6.07) is 25.5. The van der Waals surface area contributed by atoms with E-state index in [0.29, 0.717) is 26.2 Å². The molecule has 0 unspecified atom stereocenters. The van der Waals surface area contributed by atoms with Gasteiger partial charge in [-0.15, -0.1) is 0 Å². The van der Waals surface area contributed by atoms with Crippen LogP contribution in [-0.2, 0) is 13.7 Å². The van der Waals surface area contributed by atoms with Gasteiger partial charge in [-0.2, -0.15) is 8.42 Å². The molecule has 0 aliphatic rings. The molecule has 0 aromatic heterocycles. The SMILES string of the molecule is CC(C)(C)Oc1cc(OC(C)(C)C)cc(S(OS(=O)(=O)c2c(F)cccc2F)(c2ccccc2)c2ccccc2)c1. The molecular formula is C32H34F2O5S2. The van der Waals surface area contributed by atoms with Gasteiger partial charge in [0.1, 0.15) is 34.3 Å². The van der Waals surface area contributed by atoms with Gasteiger partial charge in [0.2, 0.25) is 0 Å². The molecule has 0 saturated carbocycles. The Kier molecular flexibility index (Phi) is 8.55. The molecule has 218 valence electrons. The lowest BCUT2D eigenvalue weighted by molar-refractivity contribution is 0.120. The lowest BCUT2D eigenvalue weighted by atomic mass is 10.2. The first-order valence-electron chi connectivity index (χ1n) is 13.0. The van der Waals surface area contributed by atoms with Gasteiger partial charge in [0.25, 0.3) is 0 Å². The zero-order valence-corrected chi connectivity index (χ0v) is 25.5. The first kappa shape index (κ1) is 30.6. The number of halogens is 2. The maximum absolute atomic E-state index is 14.9. The van der Waals surface area contributed by atoms with Crippen LogP contribution < -0.4 is 9.47 Å². The number of hydrogen-bond donors (Lipinski definition) is 0.